The summed E-state index contributed by atoms with van der Waals surface area (Å²) in [6.07, 6.45) is 0. The first-order valence-corrected chi connectivity index (χ1v) is 0. The largest absolute Gasteiger partial charge is 0.187 e. The first kappa shape index (κ1) is 30.4. The molecule has 3 heteroatoms. The Labute approximate surface area is 86.5 Å². The van der Waals surface area contributed by atoms with E-state index in [0.717, 1.165) is 0 Å². The van der Waals surface area contributed by atoms with Crippen LogP contribution >= 0.6 is 0 Å². The van der Waals surface area contributed by atoms with Crippen molar-refractivity contribution in [2.24, 2.45) is 0 Å². The van der Waals surface area contributed by atoms with Gasteiger partial charge in [0.05, 0.1) is 0 Å². The normalized spacial score (nSPS) is 0. The summed E-state index contributed by atoms with van der Waals surface area (Å²) in [5.74, 6) is 0. The Bertz CT molecular complexity index is 8.00. The zero-order valence-electron chi connectivity index (χ0n) is 1.00. The van der Waals surface area contributed by atoms with E-state index in [1.165, 1.54) is 0 Å². The molecule has 22 valence electrons. The van der Waals surface area contributed by atoms with E-state index in [1.807, 2.05) is 0 Å². The molecule has 0 radical (unpaired) electrons. The van der Waals surface area contributed by atoms with E-state index < -0.39 is 0 Å². The zero-order valence-corrected chi connectivity index (χ0v) is 5.70. The van der Waals surface area contributed by atoms with Crippen LogP contribution in [0.3, 0.4) is 0 Å². The summed E-state index contributed by atoms with van der Waals surface area (Å²) in [5.41, 5.74) is 0. The average molecular weight is 234 g/mol. The SMILES string of the molecule is C.[AlH3].[Ce].[Ti]. The predicted molar refractivity (Wildman–Crippen MR) is 16.7 cm³/mol. The summed E-state index contributed by atoms with van der Waals surface area (Å²) in [6.45, 7) is 0. The molecule has 0 aromatic rings. The fourth-order valence-electron chi connectivity index (χ4n) is 0. The van der Waals surface area contributed by atoms with Crippen molar-refractivity contribution < 1.29 is 63.5 Å². The second-order valence-corrected chi connectivity index (χ2v) is 0. The number of hydrogen-bond acceptors (Lipinski definition) is 0. The molecule has 0 saturated carbocycles. The molecule has 0 aromatic heterocycles. The maximum atomic E-state index is 0. The first-order chi connectivity index (χ1) is 0. The Kier molecular flexibility index (Phi) is 133. The van der Waals surface area contributed by atoms with Crippen LogP contribution in [0.25, 0.3) is 0 Å². The van der Waals surface area contributed by atoms with E-state index in [2.05, 4.69) is 0 Å². The van der Waals surface area contributed by atoms with Crippen LogP contribution in [0.4, 0.5) is 0 Å². The smallest absolute Gasteiger partial charge is 0.0776 e. The molecule has 0 aliphatic heterocycles. The predicted octanol–water partition coefficient (Wildman–Crippen LogP) is -0.550. The minimum Gasteiger partial charge on any atom is -0.0776 e. The summed E-state index contributed by atoms with van der Waals surface area (Å²) in [6, 6.07) is 0. The molecule has 0 aromatic carbocycles. The average Bonchev–Trinajstić information content (AvgIpc) is 0. The topological polar surface area (TPSA) is 0 Å². The molecular formula is CH7AlCeTi. The van der Waals surface area contributed by atoms with Crippen molar-refractivity contribution in [1.82, 2.24) is 0 Å². The third-order valence-corrected chi connectivity index (χ3v) is 0. The standard InChI is InChI=1S/CH4.Al.Ce.Ti.3H/h1H4;;;;;;. The van der Waals surface area contributed by atoms with Gasteiger partial charge in [-0.2, -0.15) is 0 Å². The molecule has 0 aliphatic rings. The van der Waals surface area contributed by atoms with Gasteiger partial charge in [0, 0.05) is 63.5 Å². The first-order valence-electron chi connectivity index (χ1n) is 0. The second-order valence-electron chi connectivity index (χ2n) is 0. The van der Waals surface area contributed by atoms with Crippen LogP contribution in [0.5, 0.6) is 0 Å². The fraction of sp³-hybridized carbons (Fsp3) is 1.00. The monoisotopic (exact) mass is 234 g/mol. The minimum atomic E-state index is 0. The van der Waals surface area contributed by atoms with Crippen LogP contribution in [0.1, 0.15) is 7.43 Å². The Morgan fingerprint density at radius 1 is 1.00 bits per heavy atom. The summed E-state index contributed by atoms with van der Waals surface area (Å²) in [5, 5.41) is 0. The molecule has 0 saturated heterocycles. The van der Waals surface area contributed by atoms with Gasteiger partial charge in [-0.15, -0.1) is 0 Å². The van der Waals surface area contributed by atoms with Crippen molar-refractivity contribution >= 4 is 17.4 Å². The van der Waals surface area contributed by atoms with Crippen molar-refractivity contribution in [3.63, 3.8) is 0 Å². The zero-order chi connectivity index (χ0) is 0. The van der Waals surface area contributed by atoms with Crippen LogP contribution in [-0.4, -0.2) is 17.4 Å². The molecule has 0 N–H and O–H groups in total. The second kappa shape index (κ2) is 17.5. The van der Waals surface area contributed by atoms with Gasteiger partial charge in [-0.25, -0.2) is 0 Å². The van der Waals surface area contributed by atoms with Crippen LogP contribution in [-0.2, 0) is 21.7 Å². The maximum absolute atomic E-state index is 0. The van der Waals surface area contributed by atoms with Gasteiger partial charge in [-0.1, -0.05) is 7.43 Å². The third-order valence-electron chi connectivity index (χ3n) is 0. The minimum absolute atomic E-state index is 0. The molecular weight excluding hydrogens is 227 g/mol. The van der Waals surface area contributed by atoms with Gasteiger partial charge in [-0.3, -0.25) is 0 Å². The van der Waals surface area contributed by atoms with Gasteiger partial charge >= 0.3 is 0 Å². The molecule has 0 nitrogen and oxygen atoms in total. The molecule has 0 unspecified atom stereocenters. The van der Waals surface area contributed by atoms with Crippen LogP contribution in [0.15, 0.2) is 0 Å². The van der Waals surface area contributed by atoms with Gasteiger partial charge in [-0.05, 0) is 0 Å². The van der Waals surface area contributed by atoms with Gasteiger partial charge in [0.25, 0.3) is 0 Å². The third kappa shape index (κ3) is 8.82. The van der Waals surface area contributed by atoms with E-state index in [-0.39, 0.29) is 88.3 Å². The van der Waals surface area contributed by atoms with E-state index >= 15 is 0 Å². The van der Waals surface area contributed by atoms with Crippen molar-refractivity contribution in [3.05, 3.63) is 0 Å². The molecule has 0 spiro atoms. The molecule has 0 rings (SSSR count). The number of hydrogen-bond donors (Lipinski definition) is 0. The van der Waals surface area contributed by atoms with Gasteiger partial charge < -0.3 is 0 Å². The van der Waals surface area contributed by atoms with Crippen molar-refractivity contribution in [2.45, 2.75) is 7.43 Å². The van der Waals surface area contributed by atoms with Gasteiger partial charge in [0.15, 0.2) is 17.4 Å². The molecule has 0 fully saturated rings. The number of rotatable bonds is 0. The van der Waals surface area contributed by atoms with Gasteiger partial charge in [0.2, 0.25) is 0 Å². The molecule has 0 bridgehead atoms. The van der Waals surface area contributed by atoms with Crippen LogP contribution in [0.2, 0.25) is 0 Å². The summed E-state index contributed by atoms with van der Waals surface area (Å²) in [4.78, 5) is 0. The quantitative estimate of drug-likeness (QED) is 0.493. The van der Waals surface area contributed by atoms with Crippen LogP contribution in [0, 0.1) is 41.7 Å². The molecule has 4 heavy (non-hydrogen) atoms. The van der Waals surface area contributed by atoms with E-state index in [1.54, 1.807) is 0 Å². The fourth-order valence-corrected chi connectivity index (χ4v) is 0. The molecule has 0 atom stereocenters. The Morgan fingerprint density at radius 3 is 1.00 bits per heavy atom. The summed E-state index contributed by atoms with van der Waals surface area (Å²) >= 11 is 0. The van der Waals surface area contributed by atoms with Crippen molar-refractivity contribution in [2.75, 3.05) is 0 Å². The van der Waals surface area contributed by atoms with E-state index in [4.69, 9.17) is 0 Å². The summed E-state index contributed by atoms with van der Waals surface area (Å²) in [7, 11) is 0. The Balaban J connectivity index is 0. The van der Waals surface area contributed by atoms with Crippen molar-refractivity contribution in [1.29, 1.82) is 0 Å². The molecule has 0 aliphatic carbocycles. The molecule has 0 amide bonds. The van der Waals surface area contributed by atoms with Crippen LogP contribution < -0.4 is 0 Å². The van der Waals surface area contributed by atoms with E-state index in [9.17, 15) is 0 Å². The van der Waals surface area contributed by atoms with E-state index in [0.29, 0.717) is 0 Å². The summed E-state index contributed by atoms with van der Waals surface area (Å²) < 4.78 is 0. The molecule has 0 heterocycles. The van der Waals surface area contributed by atoms with Gasteiger partial charge in [0.1, 0.15) is 0 Å². The maximum Gasteiger partial charge on any atom is 0.187 e. The van der Waals surface area contributed by atoms with Crippen molar-refractivity contribution in [3.8, 4) is 0 Å². The Morgan fingerprint density at radius 2 is 1.00 bits per heavy atom. The Hall–Kier alpha value is 2.62.